The lowest BCUT2D eigenvalue weighted by molar-refractivity contribution is 0.291. The van der Waals surface area contributed by atoms with E-state index in [-0.39, 0.29) is 12.2 Å². The molecule has 3 heterocycles. The zero-order valence-electron chi connectivity index (χ0n) is 19.0. The lowest BCUT2D eigenvalue weighted by atomic mass is 10.2. The van der Waals surface area contributed by atoms with Crippen LogP contribution in [0.15, 0.2) is 64.5 Å². The van der Waals surface area contributed by atoms with Crippen LogP contribution >= 0.6 is 23.1 Å². The van der Waals surface area contributed by atoms with Gasteiger partial charge >= 0.3 is 0 Å². The summed E-state index contributed by atoms with van der Waals surface area (Å²) in [5, 5.41) is 10.2. The summed E-state index contributed by atoms with van der Waals surface area (Å²) in [5.41, 5.74) is 2.90. The van der Waals surface area contributed by atoms with E-state index in [9.17, 15) is 4.79 Å². The Morgan fingerprint density at radius 2 is 1.79 bits per heavy atom. The maximum absolute atomic E-state index is 12.6. The van der Waals surface area contributed by atoms with Gasteiger partial charge in [-0.2, -0.15) is 0 Å². The third-order valence-electron chi connectivity index (χ3n) is 5.59. The van der Waals surface area contributed by atoms with Gasteiger partial charge in [-0.15, -0.1) is 21.5 Å². The van der Waals surface area contributed by atoms with Gasteiger partial charge in [-0.1, -0.05) is 48.2 Å². The Morgan fingerprint density at radius 3 is 2.59 bits per heavy atom. The van der Waals surface area contributed by atoms with Crippen molar-refractivity contribution in [2.75, 3.05) is 0 Å². The lowest BCUT2D eigenvalue weighted by Crippen LogP contribution is -2.11. The third-order valence-corrected chi connectivity index (χ3v) is 7.63. The van der Waals surface area contributed by atoms with Crippen LogP contribution in [0.3, 0.4) is 0 Å². The zero-order valence-corrected chi connectivity index (χ0v) is 20.7. The van der Waals surface area contributed by atoms with Crippen molar-refractivity contribution in [3.05, 3.63) is 92.6 Å². The van der Waals surface area contributed by atoms with Crippen LogP contribution in [-0.4, -0.2) is 24.7 Å². The number of hydrogen-bond donors (Lipinski definition) is 1. The molecule has 0 aliphatic carbocycles. The number of aryl methyl sites for hydroxylation is 3. The Morgan fingerprint density at radius 1 is 1.03 bits per heavy atom. The first kappa shape index (κ1) is 22.4. The normalized spacial score (nSPS) is 11.3. The number of fused-ring (bicyclic) bond motifs is 1. The maximum atomic E-state index is 12.6. The first-order valence-corrected chi connectivity index (χ1v) is 12.6. The zero-order chi connectivity index (χ0) is 23.7. The third kappa shape index (κ3) is 4.36. The van der Waals surface area contributed by atoms with Crippen molar-refractivity contribution in [2.24, 2.45) is 0 Å². The molecule has 5 aromatic rings. The summed E-state index contributed by atoms with van der Waals surface area (Å²) in [6.45, 7) is 6.27. The summed E-state index contributed by atoms with van der Waals surface area (Å²) in [7, 11) is 0. The van der Waals surface area contributed by atoms with Gasteiger partial charge in [0.1, 0.15) is 23.0 Å². The van der Waals surface area contributed by atoms with Gasteiger partial charge in [0.05, 0.1) is 11.1 Å². The second-order valence-corrected chi connectivity index (χ2v) is 10.0. The molecule has 1 N–H and O–H groups in total. The van der Waals surface area contributed by atoms with Crippen molar-refractivity contribution in [1.82, 2.24) is 24.7 Å². The molecule has 0 aliphatic rings. The molecule has 2 aromatic carbocycles. The van der Waals surface area contributed by atoms with Gasteiger partial charge in [0.15, 0.2) is 11.0 Å². The van der Waals surface area contributed by atoms with Crippen molar-refractivity contribution in [3.8, 4) is 11.4 Å². The minimum absolute atomic E-state index is 0.0979. The largest absolute Gasteiger partial charge is 0.485 e. The summed E-state index contributed by atoms with van der Waals surface area (Å²) in [6.07, 6.45) is 0. The van der Waals surface area contributed by atoms with E-state index in [1.807, 2.05) is 79.9 Å². The molecule has 3 aromatic heterocycles. The molecule has 0 unspecified atom stereocenters. The smallest absolute Gasteiger partial charge is 0.259 e. The van der Waals surface area contributed by atoms with Crippen molar-refractivity contribution in [1.29, 1.82) is 0 Å². The number of H-pyrrole nitrogens is 1. The van der Waals surface area contributed by atoms with Gasteiger partial charge in [0, 0.05) is 10.6 Å². The number of hydrogen-bond acceptors (Lipinski definition) is 7. The second kappa shape index (κ2) is 9.44. The van der Waals surface area contributed by atoms with Crippen LogP contribution in [0.5, 0.6) is 5.75 Å². The molecule has 5 rings (SSSR count). The molecule has 0 amide bonds. The standard InChI is InChI=1S/C25H23N5O2S2/c1-15-9-7-8-12-19(15)32-13-21-28-29-25(30(21)18-10-5-4-6-11-18)33-14-20-26-23(31)22-16(2)17(3)34-24(22)27-20/h4-12H,13-14H2,1-3H3,(H,26,27,31). The van der Waals surface area contributed by atoms with Crippen LogP contribution in [0.25, 0.3) is 15.9 Å². The molecule has 0 saturated heterocycles. The van der Waals surface area contributed by atoms with Gasteiger partial charge in [0.2, 0.25) is 0 Å². The molecule has 7 nitrogen and oxygen atoms in total. The van der Waals surface area contributed by atoms with Gasteiger partial charge in [-0.25, -0.2) is 4.98 Å². The predicted molar refractivity (Wildman–Crippen MR) is 136 cm³/mol. The number of nitrogens with one attached hydrogen (secondary N) is 1. The number of benzene rings is 2. The molecule has 34 heavy (non-hydrogen) atoms. The number of nitrogens with zero attached hydrogens (tertiary/aromatic N) is 4. The number of thioether (sulfide) groups is 1. The number of rotatable bonds is 7. The van der Waals surface area contributed by atoms with Crippen LogP contribution in [0, 0.1) is 20.8 Å². The van der Waals surface area contributed by atoms with Crippen LogP contribution in [0.4, 0.5) is 0 Å². The molecule has 0 radical (unpaired) electrons. The highest BCUT2D eigenvalue weighted by Crippen LogP contribution is 2.28. The first-order valence-electron chi connectivity index (χ1n) is 10.8. The molecule has 0 atom stereocenters. The van der Waals surface area contributed by atoms with Crippen molar-refractivity contribution in [3.63, 3.8) is 0 Å². The fourth-order valence-electron chi connectivity index (χ4n) is 3.68. The highest BCUT2D eigenvalue weighted by Gasteiger charge is 2.17. The van der Waals surface area contributed by atoms with E-state index in [1.165, 1.54) is 11.8 Å². The molecule has 0 saturated carbocycles. The molecule has 0 fully saturated rings. The quantitative estimate of drug-likeness (QED) is 0.310. The molecule has 0 spiro atoms. The van der Waals surface area contributed by atoms with Crippen LogP contribution in [0.2, 0.25) is 0 Å². The van der Waals surface area contributed by atoms with Gasteiger partial charge < -0.3 is 9.72 Å². The number of thiophene rings is 1. The summed E-state index contributed by atoms with van der Waals surface area (Å²) >= 11 is 3.02. The average molecular weight is 490 g/mol. The topological polar surface area (TPSA) is 85.7 Å². The predicted octanol–water partition coefficient (Wildman–Crippen LogP) is 5.36. The fraction of sp³-hybridized carbons (Fsp3) is 0.200. The van der Waals surface area contributed by atoms with E-state index in [1.54, 1.807) is 11.3 Å². The fourth-order valence-corrected chi connectivity index (χ4v) is 5.57. The number of ether oxygens (including phenoxy) is 1. The Hall–Kier alpha value is -3.43. The summed E-state index contributed by atoms with van der Waals surface area (Å²) in [6, 6.07) is 17.8. The van der Waals surface area contributed by atoms with Crippen LogP contribution in [0.1, 0.15) is 27.7 Å². The van der Waals surface area contributed by atoms with E-state index >= 15 is 0 Å². The Bertz CT molecular complexity index is 1520. The van der Waals surface area contributed by atoms with Gasteiger partial charge in [-0.3, -0.25) is 9.36 Å². The van der Waals surface area contributed by atoms with Crippen LogP contribution < -0.4 is 10.3 Å². The van der Waals surface area contributed by atoms with Gasteiger partial charge in [0.25, 0.3) is 5.56 Å². The molecular formula is C25H23N5O2S2. The molecular weight excluding hydrogens is 466 g/mol. The van der Waals surface area contributed by atoms with E-state index < -0.39 is 0 Å². The lowest BCUT2D eigenvalue weighted by Gasteiger charge is -2.12. The number of para-hydroxylation sites is 2. The summed E-state index contributed by atoms with van der Waals surface area (Å²) in [5.74, 6) is 2.59. The minimum atomic E-state index is -0.0979. The van der Waals surface area contributed by atoms with E-state index in [4.69, 9.17) is 4.74 Å². The molecule has 172 valence electrons. The summed E-state index contributed by atoms with van der Waals surface area (Å²) in [4.78, 5) is 22.1. The highest BCUT2D eigenvalue weighted by atomic mass is 32.2. The molecule has 0 bridgehead atoms. The molecule has 0 aliphatic heterocycles. The molecule has 9 heteroatoms. The van der Waals surface area contributed by atoms with E-state index in [2.05, 4.69) is 20.2 Å². The Labute approximate surface area is 204 Å². The Kier molecular flexibility index (Phi) is 6.21. The van der Waals surface area contributed by atoms with E-state index in [0.29, 0.717) is 27.9 Å². The van der Waals surface area contributed by atoms with Crippen LogP contribution in [-0.2, 0) is 12.4 Å². The SMILES string of the molecule is Cc1ccccc1OCc1nnc(SCc2nc3sc(C)c(C)c3c(=O)[nH]2)n1-c1ccccc1. The maximum Gasteiger partial charge on any atom is 0.259 e. The summed E-state index contributed by atoms with van der Waals surface area (Å²) < 4.78 is 8.03. The highest BCUT2D eigenvalue weighted by molar-refractivity contribution is 7.98. The second-order valence-electron chi connectivity index (χ2n) is 7.89. The minimum Gasteiger partial charge on any atom is -0.485 e. The number of aromatic amines is 1. The Balaban J connectivity index is 1.43. The first-order chi connectivity index (χ1) is 16.5. The van der Waals surface area contributed by atoms with Crippen molar-refractivity contribution in [2.45, 2.75) is 38.3 Å². The average Bonchev–Trinajstić information content (AvgIpc) is 3.37. The van der Waals surface area contributed by atoms with E-state index in [0.717, 1.165) is 32.3 Å². The van der Waals surface area contributed by atoms with Crippen molar-refractivity contribution >= 4 is 33.3 Å². The number of aromatic nitrogens is 5. The monoisotopic (exact) mass is 489 g/mol. The van der Waals surface area contributed by atoms with Gasteiger partial charge in [-0.05, 0) is 50.1 Å². The van der Waals surface area contributed by atoms with Crippen molar-refractivity contribution < 1.29 is 4.74 Å².